The highest BCUT2D eigenvalue weighted by molar-refractivity contribution is 5.16. The molecule has 1 fully saturated rings. The second-order valence-electron chi connectivity index (χ2n) is 5.61. The van der Waals surface area contributed by atoms with Gasteiger partial charge < -0.3 is 10.4 Å². The van der Waals surface area contributed by atoms with Crippen LogP contribution in [0.2, 0.25) is 0 Å². The maximum Gasteiger partial charge on any atom is 0.0587 e. The average molecular weight is 233 g/mol. The molecule has 0 radical (unpaired) electrons. The summed E-state index contributed by atoms with van der Waals surface area (Å²) in [7, 11) is 0. The van der Waals surface area contributed by atoms with Gasteiger partial charge >= 0.3 is 0 Å². The van der Waals surface area contributed by atoms with E-state index in [1.807, 2.05) is 6.07 Å². The molecule has 0 bridgehead atoms. The lowest BCUT2D eigenvalue weighted by Gasteiger charge is -2.26. The van der Waals surface area contributed by atoms with E-state index in [9.17, 15) is 5.11 Å². The Bertz CT molecular complexity index is 345. The first-order valence-electron chi connectivity index (χ1n) is 6.55. The van der Waals surface area contributed by atoms with Crippen LogP contribution in [-0.2, 0) is 6.42 Å². The maximum atomic E-state index is 9.46. The molecule has 0 amide bonds. The lowest BCUT2D eigenvalue weighted by Crippen LogP contribution is -2.44. The predicted octanol–water partition coefficient (Wildman–Crippen LogP) is 2.37. The molecule has 17 heavy (non-hydrogen) atoms. The molecule has 2 heteroatoms. The normalized spacial score (nSPS) is 20.9. The number of aliphatic hydroxyl groups excluding tert-OH is 1. The van der Waals surface area contributed by atoms with Crippen molar-refractivity contribution in [3.63, 3.8) is 0 Å². The van der Waals surface area contributed by atoms with E-state index in [-0.39, 0.29) is 12.6 Å². The summed E-state index contributed by atoms with van der Waals surface area (Å²) in [5.74, 6) is 0. The third kappa shape index (κ3) is 3.30. The van der Waals surface area contributed by atoms with Crippen LogP contribution < -0.4 is 5.32 Å². The second-order valence-corrected chi connectivity index (χ2v) is 5.61. The first-order chi connectivity index (χ1) is 8.14. The van der Waals surface area contributed by atoms with E-state index in [4.69, 9.17) is 0 Å². The Morgan fingerprint density at radius 1 is 1.29 bits per heavy atom. The van der Waals surface area contributed by atoms with Crippen LogP contribution in [0.1, 0.15) is 32.3 Å². The number of benzene rings is 1. The average Bonchev–Trinajstić information content (AvgIpc) is 3.09. The van der Waals surface area contributed by atoms with Crippen LogP contribution in [0.4, 0.5) is 0 Å². The third-order valence-electron chi connectivity index (χ3n) is 4.12. The van der Waals surface area contributed by atoms with Crippen LogP contribution in [0.25, 0.3) is 0 Å². The molecule has 1 aromatic carbocycles. The maximum absolute atomic E-state index is 9.46. The summed E-state index contributed by atoms with van der Waals surface area (Å²) in [5, 5.41) is 13.0. The molecule has 2 N–H and O–H groups in total. The number of hydrogen-bond donors (Lipinski definition) is 2. The van der Waals surface area contributed by atoms with E-state index in [0.717, 1.165) is 6.42 Å². The first kappa shape index (κ1) is 12.6. The van der Waals surface area contributed by atoms with Crippen LogP contribution in [0, 0.1) is 5.41 Å². The van der Waals surface area contributed by atoms with Crippen molar-refractivity contribution in [2.24, 2.45) is 5.41 Å². The van der Waals surface area contributed by atoms with Crippen LogP contribution in [-0.4, -0.2) is 23.8 Å². The summed E-state index contributed by atoms with van der Waals surface area (Å²) in [5.41, 5.74) is 1.75. The molecular formula is C15H23NO. The zero-order chi connectivity index (χ0) is 12.3. The van der Waals surface area contributed by atoms with Crippen molar-refractivity contribution in [3.05, 3.63) is 35.9 Å². The van der Waals surface area contributed by atoms with Crippen molar-refractivity contribution in [1.82, 2.24) is 5.32 Å². The lowest BCUT2D eigenvalue weighted by atomic mass is 9.98. The fourth-order valence-corrected chi connectivity index (χ4v) is 2.26. The Kier molecular flexibility index (Phi) is 3.85. The minimum absolute atomic E-state index is 0.171. The van der Waals surface area contributed by atoms with Crippen molar-refractivity contribution in [3.8, 4) is 0 Å². The summed E-state index contributed by atoms with van der Waals surface area (Å²) in [4.78, 5) is 0. The molecule has 2 atom stereocenters. The van der Waals surface area contributed by atoms with Gasteiger partial charge in [0.2, 0.25) is 0 Å². The molecule has 1 aromatic rings. The molecule has 1 saturated carbocycles. The number of nitrogens with one attached hydrogen (secondary N) is 1. The van der Waals surface area contributed by atoms with Crippen molar-refractivity contribution in [2.75, 3.05) is 6.61 Å². The van der Waals surface area contributed by atoms with Gasteiger partial charge in [0.05, 0.1) is 6.61 Å². The molecule has 94 valence electrons. The van der Waals surface area contributed by atoms with E-state index in [0.29, 0.717) is 11.5 Å². The minimum atomic E-state index is 0.171. The second kappa shape index (κ2) is 5.19. The van der Waals surface area contributed by atoms with Gasteiger partial charge in [-0.1, -0.05) is 37.3 Å². The van der Waals surface area contributed by atoms with Crippen LogP contribution in [0.5, 0.6) is 0 Å². The Morgan fingerprint density at radius 3 is 2.47 bits per heavy atom. The fourth-order valence-electron chi connectivity index (χ4n) is 2.26. The van der Waals surface area contributed by atoms with Gasteiger partial charge in [0.1, 0.15) is 0 Å². The third-order valence-corrected chi connectivity index (χ3v) is 4.12. The number of rotatable bonds is 6. The molecule has 2 rings (SSSR count). The molecule has 0 aliphatic heterocycles. The Hall–Kier alpha value is -0.860. The van der Waals surface area contributed by atoms with Gasteiger partial charge in [0.15, 0.2) is 0 Å². The van der Waals surface area contributed by atoms with Crippen molar-refractivity contribution in [2.45, 2.75) is 45.2 Å². The van der Waals surface area contributed by atoms with E-state index in [2.05, 4.69) is 43.4 Å². The van der Waals surface area contributed by atoms with Gasteiger partial charge in [-0.3, -0.25) is 0 Å². The zero-order valence-corrected chi connectivity index (χ0v) is 10.8. The van der Waals surface area contributed by atoms with Gasteiger partial charge in [0, 0.05) is 12.1 Å². The summed E-state index contributed by atoms with van der Waals surface area (Å²) in [6.45, 7) is 4.76. The molecular weight excluding hydrogens is 210 g/mol. The molecule has 0 aromatic heterocycles. The molecule has 0 heterocycles. The van der Waals surface area contributed by atoms with Gasteiger partial charge in [-0.2, -0.15) is 0 Å². The minimum Gasteiger partial charge on any atom is -0.395 e. The van der Waals surface area contributed by atoms with E-state index >= 15 is 0 Å². The largest absolute Gasteiger partial charge is 0.395 e. The predicted molar refractivity (Wildman–Crippen MR) is 71.0 cm³/mol. The molecule has 2 nitrogen and oxygen atoms in total. The first-order valence-corrected chi connectivity index (χ1v) is 6.55. The van der Waals surface area contributed by atoms with Crippen molar-refractivity contribution >= 4 is 0 Å². The van der Waals surface area contributed by atoms with Gasteiger partial charge in [0.25, 0.3) is 0 Å². The molecule has 0 saturated heterocycles. The van der Waals surface area contributed by atoms with E-state index in [1.54, 1.807) is 0 Å². The molecule has 1 unspecified atom stereocenters. The molecule has 0 spiro atoms. The lowest BCUT2D eigenvalue weighted by molar-refractivity contribution is 0.216. The fraction of sp³-hybridized carbons (Fsp3) is 0.600. The molecule has 1 aliphatic rings. The Balaban J connectivity index is 1.88. The summed E-state index contributed by atoms with van der Waals surface area (Å²) in [6.07, 6.45) is 3.52. The van der Waals surface area contributed by atoms with Crippen molar-refractivity contribution in [1.29, 1.82) is 0 Å². The van der Waals surface area contributed by atoms with E-state index in [1.165, 1.54) is 18.4 Å². The van der Waals surface area contributed by atoms with E-state index < -0.39 is 0 Å². The standard InChI is InChI=1S/C15H23NO/c1-12(15(2)8-9-15)16-14(11-17)10-13-6-4-3-5-7-13/h3-7,12,14,16-17H,8-11H2,1-2H3/t12?,14-/m1/s1. The number of hydrogen-bond acceptors (Lipinski definition) is 2. The summed E-state index contributed by atoms with van der Waals surface area (Å²) >= 11 is 0. The highest BCUT2D eigenvalue weighted by Gasteiger charge is 2.42. The smallest absolute Gasteiger partial charge is 0.0587 e. The van der Waals surface area contributed by atoms with Crippen LogP contribution in [0.15, 0.2) is 30.3 Å². The Labute approximate surface area is 104 Å². The van der Waals surface area contributed by atoms with Gasteiger partial charge in [-0.25, -0.2) is 0 Å². The summed E-state index contributed by atoms with van der Waals surface area (Å²) < 4.78 is 0. The monoisotopic (exact) mass is 233 g/mol. The molecule has 1 aliphatic carbocycles. The Morgan fingerprint density at radius 2 is 1.94 bits per heavy atom. The quantitative estimate of drug-likeness (QED) is 0.790. The van der Waals surface area contributed by atoms with Crippen LogP contribution >= 0.6 is 0 Å². The highest BCUT2D eigenvalue weighted by atomic mass is 16.3. The summed E-state index contributed by atoms with van der Waals surface area (Å²) in [6, 6.07) is 11.0. The van der Waals surface area contributed by atoms with Gasteiger partial charge in [-0.15, -0.1) is 0 Å². The SMILES string of the molecule is CC(N[C@@H](CO)Cc1ccccc1)C1(C)CC1. The van der Waals surface area contributed by atoms with Crippen molar-refractivity contribution < 1.29 is 5.11 Å². The van der Waals surface area contributed by atoms with Crippen LogP contribution in [0.3, 0.4) is 0 Å². The van der Waals surface area contributed by atoms with Gasteiger partial charge in [-0.05, 0) is 37.2 Å². The highest BCUT2D eigenvalue weighted by Crippen LogP contribution is 2.48. The topological polar surface area (TPSA) is 32.3 Å². The number of aliphatic hydroxyl groups is 1. The zero-order valence-electron chi connectivity index (χ0n) is 10.8.